The zero-order valence-electron chi connectivity index (χ0n) is 15.0. The lowest BCUT2D eigenvalue weighted by Crippen LogP contribution is -2.57. The topological polar surface area (TPSA) is 90.0 Å². The molecule has 3 rings (SSSR count). The fourth-order valence-corrected chi connectivity index (χ4v) is 4.18. The van der Waals surface area contributed by atoms with E-state index >= 15 is 0 Å². The minimum atomic E-state index is -1.05. The van der Waals surface area contributed by atoms with Gasteiger partial charge in [0, 0.05) is 19.6 Å². The molecule has 27 heavy (non-hydrogen) atoms. The smallest absolute Gasteiger partial charge is 0.309 e. The van der Waals surface area contributed by atoms with Crippen LogP contribution in [-0.4, -0.2) is 63.4 Å². The number of aliphatic carboxylic acids is 1. The van der Waals surface area contributed by atoms with Crippen LogP contribution in [0.15, 0.2) is 30.3 Å². The van der Waals surface area contributed by atoms with Crippen molar-refractivity contribution in [2.75, 3.05) is 19.6 Å². The molecule has 0 spiro atoms. The van der Waals surface area contributed by atoms with E-state index in [1.54, 1.807) is 5.01 Å². The van der Waals surface area contributed by atoms with Crippen LogP contribution in [0.2, 0.25) is 0 Å². The van der Waals surface area contributed by atoms with Gasteiger partial charge in [0.15, 0.2) is 0 Å². The fourth-order valence-electron chi connectivity index (χ4n) is 3.67. The molecule has 0 radical (unpaired) electrons. The molecule has 0 unspecified atom stereocenters. The monoisotopic (exact) mass is 437 g/mol. The maximum atomic E-state index is 13.0. The van der Waals surface area contributed by atoms with E-state index in [2.05, 4.69) is 21.2 Å². The molecule has 0 saturated carbocycles. The van der Waals surface area contributed by atoms with Crippen LogP contribution in [0.25, 0.3) is 0 Å². The van der Waals surface area contributed by atoms with Gasteiger partial charge >= 0.3 is 5.97 Å². The number of carbonyl (C=O) groups is 3. The van der Waals surface area contributed by atoms with Crippen LogP contribution in [0.5, 0.6) is 0 Å². The number of nitrogens with one attached hydrogen (secondary N) is 1. The zero-order valence-corrected chi connectivity index (χ0v) is 16.6. The number of rotatable bonds is 5. The third-order valence-electron chi connectivity index (χ3n) is 5.16. The number of benzene rings is 1. The number of carboxylic acids is 1. The van der Waals surface area contributed by atoms with Crippen LogP contribution in [0, 0.1) is 5.92 Å². The van der Waals surface area contributed by atoms with Crippen LogP contribution in [-0.2, 0) is 20.8 Å². The lowest BCUT2D eigenvalue weighted by atomic mass is 9.95. The second-order valence-corrected chi connectivity index (χ2v) is 8.10. The summed E-state index contributed by atoms with van der Waals surface area (Å²) in [5, 5.41) is 15.9. The van der Waals surface area contributed by atoms with Crippen LogP contribution in [0.3, 0.4) is 0 Å². The van der Waals surface area contributed by atoms with Gasteiger partial charge < -0.3 is 10.4 Å². The SMILES string of the molecule is O=C(N[C@@H]1C(=O)N2CCCCN2CC[C@@H]1C(=O)O)[C@H](Br)Cc1ccccc1. The first-order valence-electron chi connectivity index (χ1n) is 9.25. The molecule has 2 heterocycles. The summed E-state index contributed by atoms with van der Waals surface area (Å²) in [5.74, 6) is -2.67. The number of carboxylic acid groups (broad SMARTS) is 1. The van der Waals surface area contributed by atoms with Gasteiger partial charge in [-0.15, -0.1) is 0 Å². The highest BCUT2D eigenvalue weighted by atomic mass is 79.9. The Labute approximate surface area is 166 Å². The quantitative estimate of drug-likeness (QED) is 0.679. The molecule has 2 aliphatic rings. The minimum Gasteiger partial charge on any atom is -0.481 e. The van der Waals surface area contributed by atoms with Crippen molar-refractivity contribution in [3.8, 4) is 0 Å². The molecule has 0 aromatic heterocycles. The lowest BCUT2D eigenvalue weighted by molar-refractivity contribution is -0.156. The van der Waals surface area contributed by atoms with E-state index in [4.69, 9.17) is 0 Å². The Bertz CT molecular complexity index is 699. The molecule has 2 amide bonds. The zero-order chi connectivity index (χ0) is 19.4. The number of hydrogen-bond donors (Lipinski definition) is 2. The first-order valence-corrected chi connectivity index (χ1v) is 10.2. The second-order valence-electron chi connectivity index (χ2n) is 7.00. The van der Waals surface area contributed by atoms with Crippen molar-refractivity contribution in [3.05, 3.63) is 35.9 Å². The highest BCUT2D eigenvalue weighted by Gasteiger charge is 2.43. The summed E-state index contributed by atoms with van der Waals surface area (Å²) in [7, 11) is 0. The Morgan fingerprint density at radius 2 is 1.89 bits per heavy atom. The summed E-state index contributed by atoms with van der Waals surface area (Å²) in [5.41, 5.74) is 0.985. The molecule has 2 aliphatic heterocycles. The Hall–Kier alpha value is -1.93. The standard InChI is InChI=1S/C19H24BrN3O4/c20-15(12-13-6-2-1-3-7-13)17(24)21-16-14(19(26)27)8-11-22-9-4-5-10-23(22)18(16)25/h1-3,6-7,14-16H,4-5,8-12H2,(H,21,24)(H,26,27)/t14-,15+,16-/m0/s1. The Morgan fingerprint density at radius 3 is 2.59 bits per heavy atom. The van der Waals surface area contributed by atoms with E-state index in [0.29, 0.717) is 25.9 Å². The number of hydrogen-bond acceptors (Lipinski definition) is 4. The largest absolute Gasteiger partial charge is 0.481 e. The highest BCUT2D eigenvalue weighted by Crippen LogP contribution is 2.24. The number of hydrazine groups is 1. The van der Waals surface area contributed by atoms with Gasteiger partial charge in [0.25, 0.3) is 5.91 Å². The van der Waals surface area contributed by atoms with Crippen molar-refractivity contribution in [1.29, 1.82) is 0 Å². The van der Waals surface area contributed by atoms with E-state index in [9.17, 15) is 19.5 Å². The predicted molar refractivity (Wildman–Crippen MR) is 103 cm³/mol. The summed E-state index contributed by atoms with van der Waals surface area (Å²) in [6, 6.07) is 8.49. The second kappa shape index (κ2) is 8.84. The van der Waals surface area contributed by atoms with Gasteiger partial charge in [-0.1, -0.05) is 46.3 Å². The van der Waals surface area contributed by atoms with Gasteiger partial charge in [0.05, 0.1) is 10.7 Å². The maximum absolute atomic E-state index is 13.0. The van der Waals surface area contributed by atoms with Crippen LogP contribution >= 0.6 is 15.9 Å². The Kier molecular flexibility index (Phi) is 6.49. The van der Waals surface area contributed by atoms with Crippen molar-refractivity contribution in [2.45, 2.75) is 36.6 Å². The first kappa shape index (κ1) is 19.8. The number of carbonyl (C=O) groups excluding carboxylic acids is 2. The summed E-state index contributed by atoms with van der Waals surface area (Å²) in [6.07, 6.45) is 2.66. The molecule has 0 bridgehead atoms. The maximum Gasteiger partial charge on any atom is 0.309 e. The molecule has 2 fully saturated rings. The van der Waals surface area contributed by atoms with Gasteiger partial charge in [-0.3, -0.25) is 19.4 Å². The van der Waals surface area contributed by atoms with Gasteiger partial charge in [0.1, 0.15) is 6.04 Å². The van der Waals surface area contributed by atoms with Gasteiger partial charge in [-0.05, 0) is 31.2 Å². The van der Waals surface area contributed by atoms with Crippen molar-refractivity contribution < 1.29 is 19.5 Å². The lowest BCUT2D eigenvalue weighted by Gasteiger charge is -2.38. The average Bonchev–Trinajstić information content (AvgIpc) is 2.80. The summed E-state index contributed by atoms with van der Waals surface area (Å²) in [4.78, 5) is 36.9. The molecule has 0 aliphatic carbocycles. The number of alkyl halides is 1. The van der Waals surface area contributed by atoms with Crippen molar-refractivity contribution >= 4 is 33.7 Å². The molecule has 3 atom stereocenters. The van der Waals surface area contributed by atoms with Crippen LogP contribution in [0.1, 0.15) is 24.8 Å². The molecule has 1 aromatic carbocycles. The third kappa shape index (κ3) is 4.68. The molecule has 1 aromatic rings. The number of amides is 2. The summed E-state index contributed by atoms with van der Waals surface area (Å²) in [6.45, 7) is 1.82. The average molecular weight is 438 g/mol. The molecular weight excluding hydrogens is 414 g/mol. The van der Waals surface area contributed by atoms with Crippen molar-refractivity contribution in [2.24, 2.45) is 5.92 Å². The number of nitrogens with zero attached hydrogens (tertiary/aromatic N) is 2. The van der Waals surface area contributed by atoms with Crippen LogP contribution < -0.4 is 5.32 Å². The van der Waals surface area contributed by atoms with E-state index in [0.717, 1.165) is 24.9 Å². The molecule has 146 valence electrons. The predicted octanol–water partition coefficient (Wildman–Crippen LogP) is 1.42. The Balaban J connectivity index is 1.73. The van der Waals surface area contributed by atoms with Crippen molar-refractivity contribution in [3.63, 3.8) is 0 Å². The third-order valence-corrected chi connectivity index (χ3v) is 5.90. The minimum absolute atomic E-state index is 0.327. The van der Waals surface area contributed by atoms with Crippen LogP contribution in [0.4, 0.5) is 0 Å². The van der Waals surface area contributed by atoms with Gasteiger partial charge in [-0.2, -0.15) is 0 Å². The van der Waals surface area contributed by atoms with E-state index < -0.39 is 22.8 Å². The van der Waals surface area contributed by atoms with E-state index in [-0.39, 0.29) is 11.8 Å². The summed E-state index contributed by atoms with van der Waals surface area (Å²) >= 11 is 3.38. The summed E-state index contributed by atoms with van der Waals surface area (Å²) < 4.78 is 0. The first-order chi connectivity index (χ1) is 13.0. The van der Waals surface area contributed by atoms with E-state index in [1.807, 2.05) is 35.3 Å². The Morgan fingerprint density at radius 1 is 1.19 bits per heavy atom. The molecule has 8 heteroatoms. The number of halogens is 1. The van der Waals surface area contributed by atoms with Gasteiger partial charge in [-0.25, -0.2) is 5.01 Å². The van der Waals surface area contributed by atoms with E-state index in [1.165, 1.54) is 0 Å². The molecule has 2 saturated heterocycles. The van der Waals surface area contributed by atoms with Gasteiger partial charge in [0.2, 0.25) is 5.91 Å². The normalized spacial score (nSPS) is 24.6. The molecule has 2 N–H and O–H groups in total. The highest BCUT2D eigenvalue weighted by molar-refractivity contribution is 9.10. The molecule has 7 nitrogen and oxygen atoms in total. The van der Waals surface area contributed by atoms with Crippen molar-refractivity contribution in [1.82, 2.24) is 15.3 Å². The fraction of sp³-hybridized carbons (Fsp3) is 0.526. The molecular formula is C19H24BrN3O4. The number of fused-ring (bicyclic) bond motifs is 1.